The molecular formula is C21H16BrCl2NO5S. The number of carbonyl (C=O) groups excluding carboxylic acids is 3. The van der Waals surface area contributed by atoms with E-state index in [0.717, 1.165) is 21.1 Å². The molecule has 0 spiro atoms. The van der Waals surface area contributed by atoms with Crippen molar-refractivity contribution in [3.63, 3.8) is 0 Å². The van der Waals surface area contributed by atoms with E-state index in [-0.39, 0.29) is 24.7 Å². The number of thioether (sulfide) groups is 1. The summed E-state index contributed by atoms with van der Waals surface area (Å²) in [6.07, 6.45) is 1.56. The highest BCUT2D eigenvalue weighted by Crippen LogP contribution is 2.36. The van der Waals surface area contributed by atoms with E-state index < -0.39 is 17.1 Å². The fourth-order valence-corrected chi connectivity index (χ4v) is 4.38. The van der Waals surface area contributed by atoms with Crippen molar-refractivity contribution in [2.75, 3.05) is 13.2 Å². The van der Waals surface area contributed by atoms with Crippen LogP contribution >= 0.6 is 50.9 Å². The van der Waals surface area contributed by atoms with Gasteiger partial charge in [0.25, 0.3) is 11.1 Å². The molecule has 162 valence electrons. The van der Waals surface area contributed by atoms with E-state index in [9.17, 15) is 14.4 Å². The van der Waals surface area contributed by atoms with Gasteiger partial charge in [-0.05, 0) is 60.7 Å². The van der Waals surface area contributed by atoms with Crippen molar-refractivity contribution < 1.29 is 23.9 Å². The first-order valence-electron chi connectivity index (χ1n) is 9.05. The van der Waals surface area contributed by atoms with Crippen molar-refractivity contribution in [2.24, 2.45) is 0 Å². The maximum atomic E-state index is 12.9. The third-order valence-corrected chi connectivity index (χ3v) is 6.11. The fourth-order valence-electron chi connectivity index (χ4n) is 2.70. The number of imide groups is 1. The molecule has 1 fully saturated rings. The van der Waals surface area contributed by atoms with Crippen LogP contribution in [0.4, 0.5) is 4.79 Å². The largest absolute Gasteiger partial charge is 0.481 e. The van der Waals surface area contributed by atoms with Gasteiger partial charge in [0.15, 0.2) is 6.61 Å². The molecule has 1 saturated heterocycles. The second-order valence-electron chi connectivity index (χ2n) is 6.28. The molecule has 31 heavy (non-hydrogen) atoms. The zero-order valence-corrected chi connectivity index (χ0v) is 20.1. The lowest BCUT2D eigenvalue weighted by atomic mass is 10.1. The summed E-state index contributed by atoms with van der Waals surface area (Å²) in [4.78, 5) is 38.3. The van der Waals surface area contributed by atoms with E-state index in [1.807, 2.05) is 0 Å². The third kappa shape index (κ3) is 6.04. The Balaban J connectivity index is 1.82. The summed E-state index contributed by atoms with van der Waals surface area (Å²) >= 11 is 16.3. The minimum Gasteiger partial charge on any atom is -0.481 e. The van der Waals surface area contributed by atoms with Gasteiger partial charge in [-0.3, -0.25) is 14.5 Å². The van der Waals surface area contributed by atoms with Gasteiger partial charge in [-0.15, -0.1) is 0 Å². The van der Waals surface area contributed by atoms with Gasteiger partial charge in [0.1, 0.15) is 5.75 Å². The molecule has 0 saturated carbocycles. The fraction of sp³-hybridized carbons (Fsp3) is 0.190. The maximum absolute atomic E-state index is 12.9. The molecular weight excluding hydrogens is 529 g/mol. The number of halogens is 3. The number of rotatable bonds is 7. The van der Waals surface area contributed by atoms with Crippen molar-refractivity contribution >= 4 is 74.1 Å². The lowest BCUT2D eigenvalue weighted by molar-refractivity contribution is -0.145. The average molecular weight is 545 g/mol. The maximum Gasteiger partial charge on any atom is 0.344 e. The molecule has 2 aromatic rings. The highest BCUT2D eigenvalue weighted by atomic mass is 79.9. The van der Waals surface area contributed by atoms with Gasteiger partial charge in [-0.1, -0.05) is 45.2 Å². The highest BCUT2D eigenvalue weighted by molar-refractivity contribution is 9.10. The Morgan fingerprint density at radius 3 is 2.68 bits per heavy atom. The summed E-state index contributed by atoms with van der Waals surface area (Å²) in [5, 5.41) is 0.427. The van der Waals surface area contributed by atoms with Crippen LogP contribution in [-0.2, 0) is 20.9 Å². The Kier molecular flexibility index (Phi) is 8.05. The second-order valence-corrected chi connectivity index (χ2v) is 9.03. The van der Waals surface area contributed by atoms with Gasteiger partial charge < -0.3 is 9.47 Å². The Bertz CT molecular complexity index is 1080. The predicted molar refractivity (Wildman–Crippen MR) is 124 cm³/mol. The number of amides is 2. The number of esters is 1. The van der Waals surface area contributed by atoms with Crippen molar-refractivity contribution in [3.05, 3.63) is 66.9 Å². The average Bonchev–Trinajstić information content (AvgIpc) is 2.97. The first-order valence-corrected chi connectivity index (χ1v) is 11.4. The summed E-state index contributed by atoms with van der Waals surface area (Å²) < 4.78 is 11.1. The highest BCUT2D eigenvalue weighted by Gasteiger charge is 2.35. The number of ether oxygens (including phenoxy) is 2. The van der Waals surface area contributed by atoms with Gasteiger partial charge >= 0.3 is 5.97 Å². The SMILES string of the molecule is CCOC(=O)COc1ccc(Br)cc1/C=C1\SC(=O)N(Cc2ccc(Cl)cc2Cl)C1=O. The van der Waals surface area contributed by atoms with Crippen molar-refractivity contribution in [3.8, 4) is 5.75 Å². The smallest absolute Gasteiger partial charge is 0.344 e. The molecule has 1 aliphatic heterocycles. The number of carbonyl (C=O) groups is 3. The molecule has 0 atom stereocenters. The lowest BCUT2D eigenvalue weighted by Crippen LogP contribution is -2.27. The normalized spacial score (nSPS) is 15.0. The van der Waals surface area contributed by atoms with Gasteiger partial charge in [0.05, 0.1) is 18.1 Å². The quantitative estimate of drug-likeness (QED) is 0.317. The van der Waals surface area contributed by atoms with Crippen LogP contribution in [0.5, 0.6) is 5.75 Å². The van der Waals surface area contributed by atoms with Gasteiger partial charge in [-0.2, -0.15) is 0 Å². The second kappa shape index (κ2) is 10.5. The van der Waals surface area contributed by atoms with E-state index in [2.05, 4.69) is 15.9 Å². The molecule has 0 N–H and O–H groups in total. The van der Waals surface area contributed by atoms with E-state index in [1.165, 1.54) is 0 Å². The lowest BCUT2D eigenvalue weighted by Gasteiger charge is -2.14. The monoisotopic (exact) mass is 543 g/mol. The molecule has 10 heteroatoms. The number of hydrogen-bond acceptors (Lipinski definition) is 6. The van der Waals surface area contributed by atoms with Crippen LogP contribution < -0.4 is 4.74 Å². The molecule has 6 nitrogen and oxygen atoms in total. The predicted octanol–water partition coefficient (Wildman–Crippen LogP) is 5.93. The topological polar surface area (TPSA) is 72.9 Å². The molecule has 0 aromatic heterocycles. The first kappa shape index (κ1) is 23.7. The van der Waals surface area contributed by atoms with Gasteiger partial charge in [-0.25, -0.2) is 4.79 Å². The number of nitrogens with zero attached hydrogens (tertiary/aromatic N) is 1. The first-order chi connectivity index (χ1) is 14.8. The summed E-state index contributed by atoms with van der Waals surface area (Å²) in [5.41, 5.74) is 1.14. The van der Waals surface area contributed by atoms with Crippen LogP contribution in [0.25, 0.3) is 6.08 Å². The van der Waals surface area contributed by atoms with E-state index >= 15 is 0 Å². The molecule has 0 aliphatic carbocycles. The third-order valence-electron chi connectivity index (χ3n) is 4.13. The molecule has 0 radical (unpaired) electrons. The number of hydrogen-bond donors (Lipinski definition) is 0. The van der Waals surface area contributed by atoms with Crippen LogP contribution in [0.2, 0.25) is 10.0 Å². The van der Waals surface area contributed by atoms with E-state index in [1.54, 1.807) is 49.4 Å². The summed E-state index contributed by atoms with van der Waals surface area (Å²) in [6, 6.07) is 10.0. The summed E-state index contributed by atoms with van der Waals surface area (Å²) in [7, 11) is 0. The van der Waals surface area contributed by atoms with Gasteiger partial charge in [0.2, 0.25) is 0 Å². The molecule has 3 rings (SSSR count). The zero-order valence-electron chi connectivity index (χ0n) is 16.2. The molecule has 1 heterocycles. The molecule has 0 unspecified atom stereocenters. The van der Waals surface area contributed by atoms with Crippen molar-refractivity contribution in [2.45, 2.75) is 13.5 Å². The summed E-state index contributed by atoms with van der Waals surface area (Å²) in [5.74, 6) is -0.572. The van der Waals surface area contributed by atoms with Gasteiger partial charge in [0, 0.05) is 20.1 Å². The van der Waals surface area contributed by atoms with Crippen molar-refractivity contribution in [1.29, 1.82) is 0 Å². The number of benzene rings is 2. The van der Waals surface area contributed by atoms with Crippen LogP contribution in [0, 0.1) is 0 Å². The Morgan fingerprint density at radius 1 is 1.19 bits per heavy atom. The van der Waals surface area contributed by atoms with Crippen LogP contribution in [-0.4, -0.2) is 35.2 Å². The van der Waals surface area contributed by atoms with Crippen LogP contribution in [0.3, 0.4) is 0 Å². The summed E-state index contributed by atoms with van der Waals surface area (Å²) in [6.45, 7) is 1.71. The van der Waals surface area contributed by atoms with Crippen LogP contribution in [0.1, 0.15) is 18.1 Å². The Morgan fingerprint density at radius 2 is 1.97 bits per heavy atom. The van der Waals surface area contributed by atoms with E-state index in [0.29, 0.717) is 26.9 Å². The molecule has 1 aliphatic rings. The minimum atomic E-state index is -0.503. The minimum absolute atomic E-state index is 0.0305. The Labute approximate surface area is 201 Å². The Hall–Kier alpha value is -2.00. The standard InChI is InChI=1S/C21H16BrCl2NO5S/c1-2-29-19(26)11-30-17-6-4-14(22)7-13(17)8-18-20(27)25(21(28)31-18)10-12-3-5-15(23)9-16(12)24/h3-9H,2,10-11H2,1H3/b18-8-. The molecule has 2 aromatic carbocycles. The van der Waals surface area contributed by atoms with Crippen molar-refractivity contribution in [1.82, 2.24) is 4.90 Å². The van der Waals surface area contributed by atoms with Crippen LogP contribution in [0.15, 0.2) is 45.8 Å². The van der Waals surface area contributed by atoms with E-state index in [4.69, 9.17) is 32.7 Å². The zero-order chi connectivity index (χ0) is 22.5. The molecule has 2 amide bonds. The molecule has 0 bridgehead atoms.